The number of aryl methyl sites for hydroxylation is 1. The van der Waals surface area contributed by atoms with Crippen LogP contribution in [0.5, 0.6) is 0 Å². The Morgan fingerprint density at radius 1 is 1.44 bits per heavy atom. The number of halogens is 3. The molecule has 1 unspecified atom stereocenters. The fourth-order valence-corrected chi connectivity index (χ4v) is 4.88. The third-order valence-corrected chi connectivity index (χ3v) is 5.09. The molecule has 1 atom stereocenters. The zero-order valence-electron chi connectivity index (χ0n) is 8.12. The minimum absolute atomic E-state index is 0.258. The van der Waals surface area contributed by atoms with Gasteiger partial charge in [0.15, 0.2) is 4.60 Å². The van der Waals surface area contributed by atoms with Crippen molar-refractivity contribution >= 4 is 59.1 Å². The second-order valence-electron chi connectivity index (χ2n) is 3.15. The lowest BCUT2D eigenvalue weighted by Gasteiger charge is -2.10. The van der Waals surface area contributed by atoms with Crippen LogP contribution >= 0.6 is 59.1 Å². The Morgan fingerprint density at radius 2 is 2.12 bits per heavy atom. The van der Waals surface area contributed by atoms with Crippen LogP contribution in [0.2, 0.25) is 0 Å². The molecule has 16 heavy (non-hydrogen) atoms. The summed E-state index contributed by atoms with van der Waals surface area (Å²) < 4.78 is 4.40. The Balaban J connectivity index is 2.46. The van der Waals surface area contributed by atoms with Crippen LogP contribution in [-0.2, 0) is 7.05 Å². The average Bonchev–Trinajstić information content (AvgIpc) is 2.70. The molecule has 2 heterocycles. The number of hydrogen-bond donors (Lipinski definition) is 1. The van der Waals surface area contributed by atoms with E-state index in [1.807, 2.05) is 13.1 Å². The molecule has 8 heteroatoms. The van der Waals surface area contributed by atoms with Crippen molar-refractivity contribution in [2.24, 2.45) is 12.8 Å². The smallest absolute Gasteiger partial charge is 0.153 e. The van der Waals surface area contributed by atoms with Crippen molar-refractivity contribution in [2.75, 3.05) is 0 Å². The van der Waals surface area contributed by atoms with Crippen molar-refractivity contribution in [1.82, 2.24) is 15.0 Å². The molecule has 0 fully saturated rings. The molecule has 0 aliphatic rings. The van der Waals surface area contributed by atoms with Gasteiger partial charge in [0.05, 0.1) is 19.3 Å². The van der Waals surface area contributed by atoms with E-state index in [0.717, 1.165) is 18.8 Å². The van der Waals surface area contributed by atoms with Crippen molar-refractivity contribution in [3.63, 3.8) is 0 Å². The molecule has 0 bridgehead atoms. The number of nitrogens with two attached hydrogens (primary N) is 1. The van der Waals surface area contributed by atoms with E-state index in [9.17, 15) is 0 Å². The molecule has 0 aromatic carbocycles. The maximum absolute atomic E-state index is 6.20. The third kappa shape index (κ3) is 2.26. The molecular formula is C8H7Br3N4S. The normalized spacial score (nSPS) is 13.1. The van der Waals surface area contributed by atoms with Crippen LogP contribution in [-0.4, -0.2) is 15.0 Å². The monoisotopic (exact) mass is 428 g/mol. The van der Waals surface area contributed by atoms with Crippen molar-refractivity contribution in [2.45, 2.75) is 6.04 Å². The van der Waals surface area contributed by atoms with Crippen molar-refractivity contribution in [3.8, 4) is 0 Å². The summed E-state index contributed by atoms with van der Waals surface area (Å²) in [5.41, 5.74) is 8.07. The van der Waals surface area contributed by atoms with Gasteiger partial charge in [-0.3, -0.25) is 0 Å². The molecular weight excluding hydrogens is 424 g/mol. The predicted octanol–water partition coefficient (Wildman–Crippen LogP) is 3.21. The highest BCUT2D eigenvalue weighted by Gasteiger charge is 2.21. The molecule has 0 amide bonds. The number of nitrogens with zero attached hydrogens (tertiary/aromatic N) is 3. The molecule has 0 saturated carbocycles. The van der Waals surface area contributed by atoms with Crippen molar-refractivity contribution in [3.05, 3.63) is 29.5 Å². The highest BCUT2D eigenvalue weighted by molar-refractivity contribution is 9.12. The summed E-state index contributed by atoms with van der Waals surface area (Å²) in [6.45, 7) is 0. The second-order valence-corrected chi connectivity index (χ2v) is 7.65. The Bertz CT molecular complexity index is 502. The van der Waals surface area contributed by atoms with Crippen molar-refractivity contribution in [1.29, 1.82) is 0 Å². The van der Waals surface area contributed by atoms with Crippen LogP contribution in [0.4, 0.5) is 0 Å². The lowest BCUT2D eigenvalue weighted by Crippen LogP contribution is -2.16. The third-order valence-electron chi connectivity index (χ3n) is 2.14. The molecule has 2 aromatic heterocycles. The minimum Gasteiger partial charge on any atom is -0.319 e. The summed E-state index contributed by atoms with van der Waals surface area (Å²) in [5.74, 6) is 0. The Morgan fingerprint density at radius 3 is 2.56 bits per heavy atom. The summed E-state index contributed by atoms with van der Waals surface area (Å²) in [4.78, 5) is 0. The van der Waals surface area contributed by atoms with E-state index in [4.69, 9.17) is 5.73 Å². The highest BCUT2D eigenvalue weighted by atomic mass is 79.9. The Hall–Kier alpha value is 0.240. The molecule has 0 radical (unpaired) electrons. The molecule has 2 rings (SSSR count). The highest BCUT2D eigenvalue weighted by Crippen LogP contribution is 2.37. The van der Waals surface area contributed by atoms with Crippen LogP contribution < -0.4 is 5.73 Å². The van der Waals surface area contributed by atoms with Gasteiger partial charge >= 0.3 is 0 Å². The molecule has 0 saturated heterocycles. The van der Waals surface area contributed by atoms with E-state index in [1.54, 1.807) is 16.0 Å². The van der Waals surface area contributed by atoms with Gasteiger partial charge in [-0.25, -0.2) is 4.68 Å². The quantitative estimate of drug-likeness (QED) is 0.795. The zero-order chi connectivity index (χ0) is 11.9. The molecule has 2 N–H and O–H groups in total. The summed E-state index contributed by atoms with van der Waals surface area (Å²) in [6.07, 6.45) is 0. The van der Waals surface area contributed by atoms with Gasteiger partial charge in [-0.1, -0.05) is 5.21 Å². The Labute approximate surface area is 122 Å². The lowest BCUT2D eigenvalue weighted by molar-refractivity contribution is 0.651. The van der Waals surface area contributed by atoms with Gasteiger partial charge < -0.3 is 5.73 Å². The van der Waals surface area contributed by atoms with E-state index >= 15 is 0 Å². The number of aromatic nitrogens is 3. The van der Waals surface area contributed by atoms with Gasteiger partial charge in [-0.2, -0.15) is 0 Å². The van der Waals surface area contributed by atoms with E-state index in [-0.39, 0.29) is 6.04 Å². The molecule has 86 valence electrons. The summed E-state index contributed by atoms with van der Waals surface area (Å²) in [5, 5.41) is 7.84. The van der Waals surface area contributed by atoms with Gasteiger partial charge in [0.25, 0.3) is 0 Å². The molecule has 0 spiro atoms. The summed E-state index contributed by atoms with van der Waals surface area (Å²) >= 11 is 11.9. The lowest BCUT2D eigenvalue weighted by atomic mass is 10.1. The van der Waals surface area contributed by atoms with E-state index < -0.39 is 0 Å². The first kappa shape index (κ1) is 12.7. The van der Waals surface area contributed by atoms with Gasteiger partial charge in [-0.15, -0.1) is 16.4 Å². The maximum Gasteiger partial charge on any atom is 0.153 e. The molecule has 2 aromatic rings. The van der Waals surface area contributed by atoms with E-state index in [1.165, 1.54) is 0 Å². The molecule has 4 nitrogen and oxygen atoms in total. The molecule has 0 aliphatic carbocycles. The first-order chi connectivity index (χ1) is 7.50. The van der Waals surface area contributed by atoms with Crippen LogP contribution in [0.25, 0.3) is 0 Å². The summed E-state index contributed by atoms with van der Waals surface area (Å²) in [7, 11) is 1.82. The van der Waals surface area contributed by atoms with Crippen LogP contribution in [0.15, 0.2) is 18.2 Å². The first-order valence-corrected chi connectivity index (χ1v) is 7.45. The number of rotatable bonds is 2. The van der Waals surface area contributed by atoms with Crippen molar-refractivity contribution < 1.29 is 0 Å². The topological polar surface area (TPSA) is 56.7 Å². The Kier molecular flexibility index (Phi) is 3.85. The van der Waals surface area contributed by atoms with Gasteiger partial charge in [0.1, 0.15) is 0 Å². The first-order valence-electron chi connectivity index (χ1n) is 4.26. The van der Waals surface area contributed by atoms with Gasteiger partial charge in [-0.05, 0) is 53.9 Å². The minimum atomic E-state index is -0.258. The van der Waals surface area contributed by atoms with Crippen LogP contribution in [0.1, 0.15) is 17.3 Å². The number of thiophene rings is 1. The van der Waals surface area contributed by atoms with Gasteiger partial charge in [0.2, 0.25) is 0 Å². The maximum atomic E-state index is 6.20. The van der Waals surface area contributed by atoms with E-state index in [2.05, 4.69) is 58.1 Å². The molecule has 0 aliphatic heterocycles. The standard InChI is InChI=1S/C8H7Br3N4S/c1-15-6(7(10)13-14-15)5(12)3-2-4(9)16-8(3)11/h2,5H,12H2,1H3. The van der Waals surface area contributed by atoms with Gasteiger partial charge in [0, 0.05) is 12.6 Å². The largest absolute Gasteiger partial charge is 0.319 e. The predicted molar refractivity (Wildman–Crippen MR) is 74.5 cm³/mol. The average molecular weight is 431 g/mol. The fourth-order valence-electron chi connectivity index (χ4n) is 1.38. The van der Waals surface area contributed by atoms with E-state index in [0.29, 0.717) is 4.60 Å². The summed E-state index contributed by atoms with van der Waals surface area (Å²) in [6, 6.07) is 1.74. The van der Waals surface area contributed by atoms with Crippen LogP contribution in [0, 0.1) is 0 Å². The number of hydrogen-bond acceptors (Lipinski definition) is 4. The van der Waals surface area contributed by atoms with Crippen LogP contribution in [0.3, 0.4) is 0 Å². The zero-order valence-corrected chi connectivity index (χ0v) is 13.7. The SMILES string of the molecule is Cn1nnc(Br)c1C(N)c1cc(Br)sc1Br. The second kappa shape index (κ2) is 4.85. The fraction of sp³-hybridized carbons (Fsp3) is 0.250.